The van der Waals surface area contributed by atoms with Gasteiger partial charge in [0, 0.05) is 43.9 Å². The summed E-state index contributed by atoms with van der Waals surface area (Å²) >= 11 is 14.5. The van der Waals surface area contributed by atoms with Crippen LogP contribution in [0.25, 0.3) is 22.5 Å². The molecule has 4 aromatic rings. The first-order valence-corrected chi connectivity index (χ1v) is 14.3. The molecule has 0 fully saturated rings. The van der Waals surface area contributed by atoms with Gasteiger partial charge >= 0.3 is 18.4 Å². The first kappa shape index (κ1) is 32.4. The van der Waals surface area contributed by atoms with Gasteiger partial charge < -0.3 is 24.5 Å². The van der Waals surface area contributed by atoms with Gasteiger partial charge in [-0.3, -0.25) is 0 Å². The molecule has 2 aliphatic heterocycles. The molecule has 1 amide bonds. The fraction of sp³-hybridized carbons (Fsp3) is 0.348. The van der Waals surface area contributed by atoms with E-state index in [4.69, 9.17) is 28.3 Å². The highest BCUT2D eigenvalue weighted by atomic mass is 35.5. The molecule has 0 saturated carbocycles. The van der Waals surface area contributed by atoms with E-state index in [2.05, 4.69) is 15.3 Å². The first-order chi connectivity index (χ1) is 19.3. The van der Waals surface area contributed by atoms with Crippen LogP contribution in [0.2, 0.25) is 8.67 Å². The molecular weight excluding hydrogens is 677 g/mol. The molecule has 6 heterocycles. The van der Waals surface area contributed by atoms with Crippen LogP contribution in [0.4, 0.5) is 31.1 Å². The minimum absolute atomic E-state index is 0. The Labute approximate surface area is 257 Å². The standard InChI is InChI=1S/C12H9ClF3N3O2S.C11H9ClF3N3S.ClH/c13-9-6(1-4-22-9)8-7-5-18(11(20)21)2-3-19(7)10(17-8)12(14,15)16;12-9-6(1-4-19-9)8-7-5-16-2-3-18(7)10(17-8)11(13,14)15;/h1,4H,2-3,5H2,(H,20,21);1,4,16H,2-3,5H2;1H. The molecule has 228 valence electrons. The van der Waals surface area contributed by atoms with Crippen LogP contribution in [0, 0.1) is 0 Å². The van der Waals surface area contributed by atoms with Crippen LogP contribution < -0.4 is 5.32 Å². The third-order valence-corrected chi connectivity index (χ3v) is 8.75. The number of aromatic nitrogens is 4. The van der Waals surface area contributed by atoms with Gasteiger partial charge in [-0.05, 0) is 22.9 Å². The Hall–Kier alpha value is -2.50. The summed E-state index contributed by atoms with van der Waals surface area (Å²) in [6.45, 7) is 0.872. The number of rotatable bonds is 2. The van der Waals surface area contributed by atoms with Gasteiger partial charge in [0.05, 0.1) is 29.3 Å². The molecule has 2 N–H and O–H groups in total. The van der Waals surface area contributed by atoms with Crippen LogP contribution >= 0.6 is 58.3 Å². The minimum Gasteiger partial charge on any atom is -0.465 e. The highest BCUT2D eigenvalue weighted by Crippen LogP contribution is 2.40. The second-order valence-electron chi connectivity index (χ2n) is 8.86. The van der Waals surface area contributed by atoms with Gasteiger partial charge in [-0.15, -0.1) is 35.1 Å². The molecule has 2 aliphatic rings. The maximum absolute atomic E-state index is 13.1. The summed E-state index contributed by atoms with van der Waals surface area (Å²) in [5.74, 6) is -1.87. The number of nitrogens with one attached hydrogen (secondary N) is 1. The number of nitrogens with zero attached hydrogens (tertiary/aromatic N) is 5. The number of imidazole rings is 2. The van der Waals surface area contributed by atoms with Crippen molar-refractivity contribution in [3.8, 4) is 22.5 Å². The molecule has 42 heavy (non-hydrogen) atoms. The lowest BCUT2D eigenvalue weighted by molar-refractivity contribution is -0.148. The summed E-state index contributed by atoms with van der Waals surface area (Å²) in [7, 11) is 0. The summed E-state index contributed by atoms with van der Waals surface area (Å²) in [6, 6.07) is 3.28. The Bertz CT molecular complexity index is 1600. The molecule has 0 unspecified atom stereocenters. The third kappa shape index (κ3) is 6.24. The fourth-order valence-corrected chi connectivity index (χ4v) is 6.47. The second kappa shape index (κ2) is 12.2. The largest absolute Gasteiger partial charge is 0.465 e. The van der Waals surface area contributed by atoms with E-state index in [1.807, 2.05) is 0 Å². The number of amides is 1. The molecule has 19 heteroatoms. The normalized spacial score (nSPS) is 14.9. The van der Waals surface area contributed by atoms with Gasteiger partial charge in [0.1, 0.15) is 8.67 Å². The lowest BCUT2D eigenvalue weighted by Crippen LogP contribution is -2.38. The topological polar surface area (TPSA) is 88.2 Å². The highest BCUT2D eigenvalue weighted by Gasteiger charge is 2.41. The van der Waals surface area contributed by atoms with E-state index in [1.54, 1.807) is 22.9 Å². The van der Waals surface area contributed by atoms with Crippen molar-refractivity contribution in [2.24, 2.45) is 0 Å². The molecule has 0 aliphatic carbocycles. The van der Waals surface area contributed by atoms with E-state index >= 15 is 0 Å². The van der Waals surface area contributed by atoms with Gasteiger partial charge in [0.25, 0.3) is 0 Å². The zero-order valence-electron chi connectivity index (χ0n) is 20.9. The number of carbonyl (C=O) groups is 1. The molecule has 0 bridgehead atoms. The Balaban J connectivity index is 0.000000190. The quantitative estimate of drug-likeness (QED) is 0.211. The molecular formula is C23H19Cl3F6N6O2S2. The summed E-state index contributed by atoms with van der Waals surface area (Å²) in [5.41, 5.74) is 2.11. The minimum atomic E-state index is -4.61. The van der Waals surface area contributed by atoms with E-state index < -0.39 is 30.1 Å². The van der Waals surface area contributed by atoms with E-state index in [0.717, 1.165) is 9.47 Å². The van der Waals surface area contributed by atoms with Gasteiger partial charge in [0.2, 0.25) is 11.6 Å². The highest BCUT2D eigenvalue weighted by molar-refractivity contribution is 7.15. The van der Waals surface area contributed by atoms with Gasteiger partial charge in [-0.25, -0.2) is 14.8 Å². The predicted molar refractivity (Wildman–Crippen MR) is 148 cm³/mol. The summed E-state index contributed by atoms with van der Waals surface area (Å²) in [5, 5.41) is 15.5. The van der Waals surface area contributed by atoms with Gasteiger partial charge in [-0.1, -0.05) is 23.2 Å². The lowest BCUT2D eigenvalue weighted by Gasteiger charge is -2.27. The smallest absolute Gasteiger partial charge is 0.449 e. The number of carboxylic acid groups (broad SMARTS) is 1. The number of thiophene rings is 2. The van der Waals surface area contributed by atoms with Crippen molar-refractivity contribution >= 4 is 64.4 Å². The number of halogens is 9. The molecule has 0 aromatic carbocycles. The number of hydrogen-bond donors (Lipinski definition) is 2. The van der Waals surface area contributed by atoms with E-state index in [-0.39, 0.29) is 50.0 Å². The molecule has 0 radical (unpaired) electrons. The van der Waals surface area contributed by atoms with Crippen molar-refractivity contribution < 1.29 is 36.2 Å². The Morgan fingerprint density at radius 3 is 1.81 bits per heavy atom. The maximum atomic E-state index is 13.1. The van der Waals surface area contributed by atoms with Crippen LogP contribution in [-0.2, 0) is 38.5 Å². The zero-order valence-corrected chi connectivity index (χ0v) is 24.9. The van der Waals surface area contributed by atoms with E-state index in [9.17, 15) is 31.1 Å². The Morgan fingerprint density at radius 2 is 1.36 bits per heavy atom. The zero-order chi connectivity index (χ0) is 29.7. The van der Waals surface area contributed by atoms with E-state index in [0.29, 0.717) is 44.3 Å². The lowest BCUT2D eigenvalue weighted by atomic mass is 10.1. The number of hydrogen-bond acceptors (Lipinski definition) is 6. The average molecular weight is 696 g/mol. The molecule has 8 nitrogen and oxygen atoms in total. The van der Waals surface area contributed by atoms with Gasteiger partial charge in [0.15, 0.2) is 0 Å². The molecule has 0 atom stereocenters. The van der Waals surface area contributed by atoms with Crippen LogP contribution in [0.3, 0.4) is 0 Å². The molecule has 0 spiro atoms. The number of alkyl halides is 6. The van der Waals surface area contributed by atoms with E-state index in [1.165, 1.54) is 27.2 Å². The second-order valence-corrected chi connectivity index (χ2v) is 11.9. The summed E-state index contributed by atoms with van der Waals surface area (Å²) in [4.78, 5) is 19.6. The monoisotopic (exact) mass is 694 g/mol. The Kier molecular flexibility index (Phi) is 9.45. The SMILES string of the molecule is Cl.FC(F)(F)c1nc(-c2ccsc2Cl)c2n1CCNC2.O=C(O)N1CCn2c(C(F)(F)F)nc(-c3ccsc3Cl)c2C1. The summed E-state index contributed by atoms with van der Waals surface area (Å²) in [6.07, 6.45) is -10.2. The maximum Gasteiger partial charge on any atom is 0.449 e. The van der Waals surface area contributed by atoms with Crippen LogP contribution in [0.1, 0.15) is 23.0 Å². The average Bonchev–Trinajstić information content (AvgIpc) is 3.67. The third-order valence-electron chi connectivity index (χ3n) is 6.41. The molecule has 0 saturated heterocycles. The number of fused-ring (bicyclic) bond motifs is 2. The molecule has 6 rings (SSSR count). The van der Waals surface area contributed by atoms with Gasteiger partial charge in [-0.2, -0.15) is 26.3 Å². The Morgan fingerprint density at radius 1 is 0.857 bits per heavy atom. The van der Waals surface area contributed by atoms with Crippen molar-refractivity contribution in [3.63, 3.8) is 0 Å². The van der Waals surface area contributed by atoms with Crippen molar-refractivity contribution in [2.75, 3.05) is 13.1 Å². The van der Waals surface area contributed by atoms with Crippen LogP contribution in [0.5, 0.6) is 0 Å². The van der Waals surface area contributed by atoms with Crippen molar-refractivity contribution in [2.45, 2.75) is 38.5 Å². The fourth-order valence-electron chi connectivity index (χ4n) is 4.63. The van der Waals surface area contributed by atoms with Crippen molar-refractivity contribution in [3.05, 3.63) is 54.6 Å². The van der Waals surface area contributed by atoms with Crippen molar-refractivity contribution in [1.82, 2.24) is 29.3 Å². The van der Waals surface area contributed by atoms with Crippen LogP contribution in [0.15, 0.2) is 22.9 Å². The first-order valence-electron chi connectivity index (χ1n) is 11.8. The summed E-state index contributed by atoms with van der Waals surface area (Å²) < 4.78 is 81.5. The predicted octanol–water partition coefficient (Wildman–Crippen LogP) is 7.59. The van der Waals surface area contributed by atoms with Crippen LogP contribution in [-0.4, -0.2) is 48.3 Å². The van der Waals surface area contributed by atoms with Crippen molar-refractivity contribution in [1.29, 1.82) is 0 Å². The molecule has 4 aromatic heterocycles.